The highest BCUT2D eigenvalue weighted by molar-refractivity contribution is 9.10. The van der Waals surface area contributed by atoms with E-state index in [0.29, 0.717) is 16.1 Å². The van der Waals surface area contributed by atoms with Gasteiger partial charge in [-0.2, -0.15) is 4.36 Å². The van der Waals surface area contributed by atoms with Crippen molar-refractivity contribution in [3.8, 4) is 0 Å². The van der Waals surface area contributed by atoms with E-state index in [9.17, 15) is 9.00 Å². The Labute approximate surface area is 156 Å². The Bertz CT molecular complexity index is 961. The molecule has 2 aromatic carbocycles. The quantitative estimate of drug-likeness (QED) is 0.537. The summed E-state index contributed by atoms with van der Waals surface area (Å²) in [5.41, 5.74) is 1.91. The van der Waals surface area contributed by atoms with Crippen LogP contribution in [0.3, 0.4) is 0 Å². The van der Waals surface area contributed by atoms with Gasteiger partial charge >= 0.3 is 0 Å². The fourth-order valence-corrected chi connectivity index (χ4v) is 4.80. The van der Waals surface area contributed by atoms with Crippen LogP contribution in [-0.4, -0.2) is 34.9 Å². The SMILES string of the molecule is CCN(C)C=Nc1ccc2c(c1)C(=O)N=S2(=O)Cc1ccc(Br)cc1. The molecule has 1 unspecified atom stereocenters. The lowest BCUT2D eigenvalue weighted by molar-refractivity contribution is 0.101. The van der Waals surface area contributed by atoms with Crippen molar-refractivity contribution in [2.24, 2.45) is 9.36 Å². The minimum Gasteiger partial charge on any atom is -0.366 e. The van der Waals surface area contributed by atoms with Crippen LogP contribution in [-0.2, 0) is 15.5 Å². The van der Waals surface area contributed by atoms with Gasteiger partial charge in [-0.25, -0.2) is 9.20 Å². The molecule has 1 aliphatic rings. The lowest BCUT2D eigenvalue weighted by Gasteiger charge is -2.09. The number of fused-ring (bicyclic) bond motifs is 1. The van der Waals surface area contributed by atoms with Gasteiger partial charge in [-0.1, -0.05) is 28.1 Å². The third-order valence-electron chi connectivity index (χ3n) is 3.95. The van der Waals surface area contributed by atoms with Crippen molar-refractivity contribution in [2.45, 2.75) is 17.6 Å². The number of hydrogen-bond acceptors (Lipinski definition) is 3. The Morgan fingerprint density at radius 1 is 1.24 bits per heavy atom. The van der Waals surface area contributed by atoms with Crippen LogP contribution in [0.2, 0.25) is 0 Å². The highest BCUT2D eigenvalue weighted by atomic mass is 79.9. The molecule has 5 nitrogen and oxygen atoms in total. The Morgan fingerprint density at radius 3 is 2.64 bits per heavy atom. The van der Waals surface area contributed by atoms with Gasteiger partial charge in [0.25, 0.3) is 5.91 Å². The van der Waals surface area contributed by atoms with E-state index < -0.39 is 15.6 Å². The van der Waals surface area contributed by atoms with Crippen LogP contribution in [0.4, 0.5) is 5.69 Å². The summed E-state index contributed by atoms with van der Waals surface area (Å²) in [6.45, 7) is 2.86. The van der Waals surface area contributed by atoms with E-state index >= 15 is 0 Å². The summed E-state index contributed by atoms with van der Waals surface area (Å²) in [4.78, 5) is 19.0. The third-order valence-corrected chi connectivity index (χ3v) is 6.70. The van der Waals surface area contributed by atoms with Crippen molar-refractivity contribution in [2.75, 3.05) is 13.6 Å². The van der Waals surface area contributed by atoms with Gasteiger partial charge in [-0.05, 0) is 42.8 Å². The Kier molecular flexibility index (Phi) is 5.06. The second-order valence-corrected chi connectivity index (χ2v) is 8.91. The second kappa shape index (κ2) is 7.09. The summed E-state index contributed by atoms with van der Waals surface area (Å²) in [6.07, 6.45) is 1.71. The van der Waals surface area contributed by atoms with Crippen LogP contribution in [0.5, 0.6) is 0 Å². The predicted molar refractivity (Wildman–Crippen MR) is 104 cm³/mol. The summed E-state index contributed by atoms with van der Waals surface area (Å²) >= 11 is 3.38. The van der Waals surface area contributed by atoms with Crippen LogP contribution in [0.25, 0.3) is 0 Å². The van der Waals surface area contributed by atoms with Crippen LogP contribution in [0, 0.1) is 0 Å². The number of carbonyl (C=O) groups is 1. The van der Waals surface area contributed by atoms with Crippen molar-refractivity contribution in [3.05, 3.63) is 58.1 Å². The normalized spacial score (nSPS) is 19.1. The number of benzene rings is 2. The number of halogens is 1. The van der Waals surface area contributed by atoms with Crippen molar-refractivity contribution in [1.29, 1.82) is 0 Å². The summed E-state index contributed by atoms with van der Waals surface area (Å²) in [5.74, 6) is -0.210. The Balaban J connectivity index is 1.93. The van der Waals surface area contributed by atoms with Crippen molar-refractivity contribution in [1.82, 2.24) is 4.90 Å². The fourth-order valence-electron chi connectivity index (χ4n) is 2.44. The van der Waals surface area contributed by atoms with E-state index in [1.54, 1.807) is 24.5 Å². The predicted octanol–water partition coefficient (Wildman–Crippen LogP) is 4.24. The van der Waals surface area contributed by atoms with E-state index in [0.717, 1.165) is 16.6 Å². The highest BCUT2D eigenvalue weighted by Crippen LogP contribution is 2.32. The van der Waals surface area contributed by atoms with Gasteiger partial charge in [0, 0.05) is 18.1 Å². The molecule has 1 atom stereocenters. The zero-order valence-electron chi connectivity index (χ0n) is 14.0. The minimum atomic E-state index is -2.78. The number of carbonyl (C=O) groups excluding carboxylic acids is 1. The van der Waals surface area contributed by atoms with Crippen molar-refractivity contribution in [3.63, 3.8) is 0 Å². The lowest BCUT2D eigenvalue weighted by Crippen LogP contribution is -2.14. The molecule has 0 bridgehead atoms. The second-order valence-electron chi connectivity index (χ2n) is 5.81. The summed E-state index contributed by atoms with van der Waals surface area (Å²) in [6, 6.07) is 12.7. The molecule has 0 saturated carbocycles. The van der Waals surface area contributed by atoms with Gasteiger partial charge < -0.3 is 4.90 Å². The molecule has 25 heavy (non-hydrogen) atoms. The Hall–Kier alpha value is -1.99. The maximum Gasteiger partial charge on any atom is 0.286 e. The van der Waals surface area contributed by atoms with E-state index in [2.05, 4.69) is 25.3 Å². The highest BCUT2D eigenvalue weighted by Gasteiger charge is 2.29. The Morgan fingerprint density at radius 2 is 1.96 bits per heavy atom. The number of amides is 1. The first-order valence-electron chi connectivity index (χ1n) is 7.83. The zero-order chi connectivity index (χ0) is 18.0. The zero-order valence-corrected chi connectivity index (χ0v) is 16.4. The average Bonchev–Trinajstić information content (AvgIpc) is 2.85. The average molecular weight is 420 g/mol. The largest absolute Gasteiger partial charge is 0.366 e. The van der Waals surface area contributed by atoms with Gasteiger partial charge in [0.1, 0.15) is 0 Å². The molecule has 2 aromatic rings. The van der Waals surface area contributed by atoms with Crippen molar-refractivity contribution < 1.29 is 9.00 Å². The molecule has 0 spiro atoms. The molecule has 0 aliphatic carbocycles. The molecule has 0 aromatic heterocycles. The number of aliphatic imine (C=N–C) groups is 1. The summed E-state index contributed by atoms with van der Waals surface area (Å²) < 4.78 is 18.2. The summed E-state index contributed by atoms with van der Waals surface area (Å²) in [7, 11) is -0.864. The molecule has 7 heteroatoms. The number of rotatable bonds is 5. The van der Waals surface area contributed by atoms with Gasteiger partial charge in [-0.15, -0.1) is 0 Å². The molecular formula is C18H18BrN3O2S. The smallest absolute Gasteiger partial charge is 0.286 e. The molecular weight excluding hydrogens is 402 g/mol. The molecule has 1 heterocycles. The molecule has 0 saturated heterocycles. The van der Waals surface area contributed by atoms with E-state index in [-0.39, 0.29) is 5.75 Å². The van der Waals surface area contributed by atoms with Crippen LogP contribution in [0.15, 0.2) is 61.2 Å². The molecule has 0 N–H and O–H groups in total. The molecule has 0 fully saturated rings. The first kappa shape index (κ1) is 17.8. The topological polar surface area (TPSA) is 62.1 Å². The molecule has 3 rings (SSSR count). The van der Waals surface area contributed by atoms with E-state index in [1.807, 2.05) is 43.1 Å². The minimum absolute atomic E-state index is 0.222. The lowest BCUT2D eigenvalue weighted by atomic mass is 10.2. The van der Waals surface area contributed by atoms with Crippen LogP contribution in [0.1, 0.15) is 22.8 Å². The first-order chi connectivity index (χ1) is 11.9. The van der Waals surface area contributed by atoms with Gasteiger partial charge in [0.15, 0.2) is 0 Å². The standard InChI is InChI=1S/C18H18BrN3O2S/c1-3-22(2)12-20-15-8-9-17-16(10-15)18(23)21-25(17,24)11-13-4-6-14(19)7-5-13/h4-10,12H,3,11H2,1-2H3. The summed E-state index contributed by atoms with van der Waals surface area (Å²) in [5, 5.41) is 0. The first-order valence-corrected chi connectivity index (χ1v) is 10.3. The number of hydrogen-bond donors (Lipinski definition) is 0. The molecule has 0 radical (unpaired) electrons. The van der Waals surface area contributed by atoms with E-state index in [1.165, 1.54) is 0 Å². The van der Waals surface area contributed by atoms with Crippen LogP contribution >= 0.6 is 15.9 Å². The maximum absolute atomic E-state index is 13.3. The van der Waals surface area contributed by atoms with Crippen molar-refractivity contribution >= 4 is 43.6 Å². The maximum atomic E-state index is 13.3. The van der Waals surface area contributed by atoms with Crippen LogP contribution < -0.4 is 0 Å². The fraction of sp³-hybridized carbons (Fsp3) is 0.222. The molecule has 130 valence electrons. The molecule has 1 aliphatic heterocycles. The van der Waals surface area contributed by atoms with Gasteiger partial charge in [-0.3, -0.25) is 4.79 Å². The van der Waals surface area contributed by atoms with E-state index in [4.69, 9.17) is 0 Å². The van der Waals surface area contributed by atoms with Gasteiger partial charge in [0.2, 0.25) is 0 Å². The third kappa shape index (κ3) is 3.82. The molecule has 1 amide bonds. The van der Waals surface area contributed by atoms with Gasteiger partial charge in [0.05, 0.1) is 38.0 Å². The monoisotopic (exact) mass is 419 g/mol. The number of nitrogens with zero attached hydrogens (tertiary/aromatic N) is 3.